The van der Waals surface area contributed by atoms with Crippen LogP contribution in [0.4, 0.5) is 5.69 Å². The third-order valence-corrected chi connectivity index (χ3v) is 4.43. The Morgan fingerprint density at radius 1 is 1.14 bits per heavy atom. The molecule has 21 heavy (non-hydrogen) atoms. The molecule has 0 bridgehead atoms. The Morgan fingerprint density at radius 3 is 2.38 bits per heavy atom. The van der Waals surface area contributed by atoms with Crippen molar-refractivity contribution in [1.29, 1.82) is 0 Å². The Balaban J connectivity index is 2.46. The Bertz CT molecular complexity index is 529. The van der Waals surface area contributed by atoms with Crippen molar-refractivity contribution in [3.8, 4) is 0 Å². The summed E-state index contributed by atoms with van der Waals surface area (Å²) in [5, 5.41) is 2.76. The van der Waals surface area contributed by atoms with E-state index in [9.17, 15) is 13.2 Å². The highest BCUT2D eigenvalue weighted by atomic mass is 32.2. The lowest BCUT2D eigenvalue weighted by atomic mass is 10.2. The topological polar surface area (TPSA) is 66.5 Å². The van der Waals surface area contributed by atoms with Crippen LogP contribution in [-0.4, -0.2) is 38.0 Å². The molecule has 0 heterocycles. The predicted molar refractivity (Wildman–Crippen MR) is 85.6 cm³/mol. The monoisotopic (exact) mass is 312 g/mol. The lowest BCUT2D eigenvalue weighted by molar-refractivity contribution is -0.116. The summed E-state index contributed by atoms with van der Waals surface area (Å²) in [4.78, 5) is 11.8. The van der Waals surface area contributed by atoms with Gasteiger partial charge in [0.15, 0.2) is 0 Å². The molecular formula is C15H24N2O3S. The Labute approximate surface area is 127 Å². The average Bonchev–Trinajstić information content (AvgIpc) is 2.42. The maximum absolute atomic E-state index is 11.8. The number of carbonyl (C=O) groups excluding carboxylic acids is 1. The van der Waals surface area contributed by atoms with Crippen LogP contribution in [-0.2, 0) is 14.8 Å². The summed E-state index contributed by atoms with van der Waals surface area (Å²) in [7, 11) is -3.26. The van der Waals surface area contributed by atoms with Crippen molar-refractivity contribution in [1.82, 2.24) is 4.31 Å². The fourth-order valence-electron chi connectivity index (χ4n) is 1.95. The summed E-state index contributed by atoms with van der Waals surface area (Å²) >= 11 is 0. The van der Waals surface area contributed by atoms with Crippen molar-refractivity contribution >= 4 is 21.6 Å². The molecule has 1 amide bonds. The summed E-state index contributed by atoms with van der Waals surface area (Å²) < 4.78 is 24.8. The molecule has 1 N–H and O–H groups in total. The van der Waals surface area contributed by atoms with E-state index in [0.717, 1.165) is 24.9 Å². The van der Waals surface area contributed by atoms with Crippen LogP contribution in [0, 0.1) is 0 Å². The van der Waals surface area contributed by atoms with Crippen LogP contribution in [0.2, 0.25) is 0 Å². The van der Waals surface area contributed by atoms with Gasteiger partial charge in [-0.2, -0.15) is 0 Å². The normalized spacial score (nSPS) is 11.6. The second-order valence-electron chi connectivity index (χ2n) is 5.03. The van der Waals surface area contributed by atoms with Gasteiger partial charge >= 0.3 is 0 Å². The molecule has 1 rings (SSSR count). The van der Waals surface area contributed by atoms with Crippen molar-refractivity contribution in [3.05, 3.63) is 30.3 Å². The summed E-state index contributed by atoms with van der Waals surface area (Å²) in [5.74, 6) is -0.176. The molecule has 6 heteroatoms. The highest BCUT2D eigenvalue weighted by molar-refractivity contribution is 7.88. The first kappa shape index (κ1) is 17.7. The van der Waals surface area contributed by atoms with Crippen LogP contribution in [0.15, 0.2) is 30.3 Å². The van der Waals surface area contributed by atoms with Crippen LogP contribution < -0.4 is 5.32 Å². The number of sulfonamides is 1. The number of hydrogen-bond donors (Lipinski definition) is 1. The zero-order chi connectivity index (χ0) is 15.7. The van der Waals surface area contributed by atoms with Crippen LogP contribution in [0.1, 0.15) is 32.6 Å². The van der Waals surface area contributed by atoms with Crippen molar-refractivity contribution in [2.24, 2.45) is 0 Å². The number of unbranched alkanes of at least 4 members (excludes halogenated alkanes) is 2. The number of amides is 1. The van der Waals surface area contributed by atoms with E-state index >= 15 is 0 Å². The summed E-state index contributed by atoms with van der Waals surface area (Å²) in [6, 6.07) is 9.14. The molecule has 0 aliphatic carbocycles. The van der Waals surface area contributed by atoms with E-state index in [-0.39, 0.29) is 18.9 Å². The molecule has 0 aliphatic heterocycles. The van der Waals surface area contributed by atoms with E-state index < -0.39 is 10.0 Å². The number of nitrogens with one attached hydrogen (secondary N) is 1. The van der Waals surface area contributed by atoms with Crippen LogP contribution in [0.5, 0.6) is 0 Å². The number of rotatable bonds is 9. The lowest BCUT2D eigenvalue weighted by Crippen LogP contribution is -2.33. The second kappa shape index (κ2) is 8.79. The van der Waals surface area contributed by atoms with Crippen LogP contribution in [0.3, 0.4) is 0 Å². The predicted octanol–water partition coefficient (Wildman–Crippen LogP) is 2.47. The summed E-state index contributed by atoms with van der Waals surface area (Å²) in [6.07, 6.45) is 4.19. The van der Waals surface area contributed by atoms with Gasteiger partial charge in [-0.3, -0.25) is 4.79 Å². The highest BCUT2D eigenvalue weighted by Crippen LogP contribution is 2.08. The minimum Gasteiger partial charge on any atom is -0.326 e. The fourth-order valence-corrected chi connectivity index (χ4v) is 2.84. The maximum Gasteiger partial charge on any atom is 0.225 e. The number of carbonyl (C=O) groups is 1. The number of hydrogen-bond acceptors (Lipinski definition) is 3. The van der Waals surface area contributed by atoms with E-state index in [0.29, 0.717) is 6.54 Å². The van der Waals surface area contributed by atoms with E-state index in [2.05, 4.69) is 12.2 Å². The molecule has 0 aromatic heterocycles. The van der Waals surface area contributed by atoms with E-state index in [4.69, 9.17) is 0 Å². The average molecular weight is 312 g/mol. The van der Waals surface area contributed by atoms with E-state index in [1.807, 2.05) is 18.2 Å². The van der Waals surface area contributed by atoms with Crippen LogP contribution in [0.25, 0.3) is 0 Å². The molecule has 0 radical (unpaired) electrons. The standard InChI is InChI=1S/C15H24N2O3S/c1-3-4-8-12-17(21(2,19)20)13-11-15(18)16-14-9-6-5-7-10-14/h5-7,9-10H,3-4,8,11-13H2,1-2H3,(H,16,18). The second-order valence-corrected chi connectivity index (χ2v) is 7.02. The van der Waals surface area contributed by atoms with Crippen molar-refractivity contribution in [2.75, 3.05) is 24.7 Å². The number of nitrogens with zero attached hydrogens (tertiary/aromatic N) is 1. The van der Waals surface area contributed by atoms with E-state index in [1.54, 1.807) is 12.1 Å². The Morgan fingerprint density at radius 2 is 1.81 bits per heavy atom. The van der Waals surface area contributed by atoms with Gasteiger partial charge < -0.3 is 5.32 Å². The van der Waals surface area contributed by atoms with Gasteiger partial charge in [-0.15, -0.1) is 0 Å². The smallest absolute Gasteiger partial charge is 0.225 e. The molecule has 118 valence electrons. The van der Waals surface area contributed by atoms with Gasteiger partial charge in [0.1, 0.15) is 0 Å². The summed E-state index contributed by atoms with van der Waals surface area (Å²) in [6.45, 7) is 2.77. The number of benzene rings is 1. The van der Waals surface area contributed by atoms with Crippen molar-refractivity contribution in [2.45, 2.75) is 32.6 Å². The molecule has 5 nitrogen and oxygen atoms in total. The Hall–Kier alpha value is -1.40. The zero-order valence-corrected chi connectivity index (χ0v) is 13.5. The molecule has 0 unspecified atom stereocenters. The highest BCUT2D eigenvalue weighted by Gasteiger charge is 2.17. The summed E-state index contributed by atoms with van der Waals surface area (Å²) in [5.41, 5.74) is 0.722. The minimum atomic E-state index is -3.26. The minimum absolute atomic E-state index is 0.161. The molecule has 0 atom stereocenters. The zero-order valence-electron chi connectivity index (χ0n) is 12.7. The van der Waals surface area contributed by atoms with Gasteiger partial charge in [0, 0.05) is 25.2 Å². The number of anilines is 1. The van der Waals surface area contributed by atoms with Gasteiger partial charge in [0.2, 0.25) is 15.9 Å². The quantitative estimate of drug-likeness (QED) is 0.712. The molecule has 1 aromatic carbocycles. The number of para-hydroxylation sites is 1. The van der Waals surface area contributed by atoms with Crippen molar-refractivity contribution in [3.63, 3.8) is 0 Å². The molecular weight excluding hydrogens is 288 g/mol. The largest absolute Gasteiger partial charge is 0.326 e. The molecule has 1 aromatic rings. The first-order chi connectivity index (χ1) is 9.93. The van der Waals surface area contributed by atoms with Gasteiger partial charge in [0.05, 0.1) is 6.26 Å². The Kier molecular flexibility index (Phi) is 7.39. The molecule has 0 saturated heterocycles. The van der Waals surface area contributed by atoms with Gasteiger partial charge in [0.25, 0.3) is 0 Å². The third kappa shape index (κ3) is 7.24. The maximum atomic E-state index is 11.8. The molecule has 0 saturated carbocycles. The van der Waals surface area contributed by atoms with Gasteiger partial charge in [-0.1, -0.05) is 38.0 Å². The molecule has 0 aliphatic rings. The SMILES string of the molecule is CCCCCN(CCC(=O)Nc1ccccc1)S(C)(=O)=O. The van der Waals surface area contributed by atoms with Crippen LogP contribution >= 0.6 is 0 Å². The first-order valence-electron chi connectivity index (χ1n) is 7.23. The first-order valence-corrected chi connectivity index (χ1v) is 9.08. The van der Waals surface area contributed by atoms with Gasteiger partial charge in [-0.05, 0) is 18.6 Å². The fraction of sp³-hybridized carbons (Fsp3) is 0.533. The molecule has 0 spiro atoms. The third-order valence-electron chi connectivity index (χ3n) is 3.13. The van der Waals surface area contributed by atoms with E-state index in [1.165, 1.54) is 10.6 Å². The lowest BCUT2D eigenvalue weighted by Gasteiger charge is -2.19. The van der Waals surface area contributed by atoms with Gasteiger partial charge in [-0.25, -0.2) is 12.7 Å². The van der Waals surface area contributed by atoms with Crippen molar-refractivity contribution < 1.29 is 13.2 Å². The molecule has 0 fully saturated rings.